The molecule has 198 valence electrons. The lowest BCUT2D eigenvalue weighted by Gasteiger charge is -2.32. The molecule has 3 rings (SSSR count). The van der Waals surface area contributed by atoms with Crippen molar-refractivity contribution in [1.82, 2.24) is 14.5 Å². The van der Waals surface area contributed by atoms with Crippen LogP contribution in [0.2, 0.25) is 5.02 Å². The van der Waals surface area contributed by atoms with E-state index in [1.54, 1.807) is 36.4 Å². The lowest BCUT2D eigenvalue weighted by Crippen LogP contribution is -2.53. The molecule has 0 radical (unpaired) electrons. The van der Waals surface area contributed by atoms with Gasteiger partial charge < -0.3 is 10.2 Å². The average molecular weight is 544 g/mol. The molecule has 3 aromatic carbocycles. The molecule has 37 heavy (non-hydrogen) atoms. The Morgan fingerprint density at radius 3 is 2.24 bits per heavy atom. The first kappa shape index (κ1) is 28.6. The van der Waals surface area contributed by atoms with Gasteiger partial charge in [-0.25, -0.2) is 8.42 Å². The van der Waals surface area contributed by atoms with E-state index in [-0.39, 0.29) is 23.4 Å². The van der Waals surface area contributed by atoms with Gasteiger partial charge in [0.2, 0.25) is 21.8 Å². The molecule has 0 heterocycles. The Morgan fingerprint density at radius 2 is 1.59 bits per heavy atom. The number of nitrogens with zero attached hydrogens (tertiary/aromatic N) is 2. The van der Waals surface area contributed by atoms with Crippen molar-refractivity contribution in [3.05, 3.63) is 77.3 Å². The number of rotatable bonds is 11. The van der Waals surface area contributed by atoms with E-state index in [0.29, 0.717) is 17.0 Å². The molecular weight excluding hydrogens is 510 g/mol. The van der Waals surface area contributed by atoms with Gasteiger partial charge in [-0.05, 0) is 54.3 Å². The number of likely N-dealkylation sites (N-methyl/N-ethyl adjacent to an activating group) is 1. The lowest BCUT2D eigenvalue weighted by atomic mass is 10.1. The summed E-state index contributed by atoms with van der Waals surface area (Å²) in [5.74, 6) is -0.768. The summed E-state index contributed by atoms with van der Waals surface area (Å²) >= 11 is 6.37. The van der Waals surface area contributed by atoms with Gasteiger partial charge in [0.1, 0.15) is 6.04 Å². The summed E-state index contributed by atoms with van der Waals surface area (Å²) in [5, 5.41) is 5.12. The Bertz CT molecular complexity index is 1360. The van der Waals surface area contributed by atoms with Crippen molar-refractivity contribution in [3.63, 3.8) is 0 Å². The first-order valence-corrected chi connectivity index (χ1v) is 14.2. The van der Waals surface area contributed by atoms with Gasteiger partial charge in [0.15, 0.2) is 0 Å². The fraction of sp³-hybridized carbons (Fsp3) is 0.357. The van der Waals surface area contributed by atoms with Crippen LogP contribution in [-0.2, 0) is 26.2 Å². The van der Waals surface area contributed by atoms with Crippen LogP contribution in [0, 0.1) is 0 Å². The van der Waals surface area contributed by atoms with E-state index >= 15 is 0 Å². The maximum atomic E-state index is 13.6. The lowest BCUT2D eigenvalue weighted by molar-refractivity contribution is -0.141. The van der Waals surface area contributed by atoms with Crippen LogP contribution in [-0.4, -0.2) is 55.1 Å². The molecule has 0 bridgehead atoms. The van der Waals surface area contributed by atoms with Gasteiger partial charge in [0, 0.05) is 24.7 Å². The highest BCUT2D eigenvalue weighted by atomic mass is 35.5. The number of sulfonamides is 1. The second kappa shape index (κ2) is 12.5. The molecule has 9 heteroatoms. The van der Waals surface area contributed by atoms with Crippen molar-refractivity contribution in [2.24, 2.45) is 0 Å². The highest BCUT2D eigenvalue weighted by Crippen LogP contribution is 2.23. The third-order valence-corrected chi connectivity index (χ3v) is 8.64. The normalized spacial score (nSPS) is 13.4. The number of amides is 2. The van der Waals surface area contributed by atoms with Crippen molar-refractivity contribution in [1.29, 1.82) is 0 Å². The van der Waals surface area contributed by atoms with Gasteiger partial charge in [-0.3, -0.25) is 9.59 Å². The molecule has 2 atom stereocenters. The number of halogens is 1. The van der Waals surface area contributed by atoms with E-state index in [9.17, 15) is 18.0 Å². The Morgan fingerprint density at radius 1 is 0.946 bits per heavy atom. The van der Waals surface area contributed by atoms with Crippen molar-refractivity contribution >= 4 is 44.2 Å². The predicted octanol–water partition coefficient (Wildman–Crippen LogP) is 4.84. The van der Waals surface area contributed by atoms with Crippen LogP contribution in [0.3, 0.4) is 0 Å². The number of fused-ring (bicyclic) bond motifs is 1. The van der Waals surface area contributed by atoms with Crippen molar-refractivity contribution in [3.8, 4) is 0 Å². The number of benzene rings is 3. The average Bonchev–Trinajstić information content (AvgIpc) is 2.89. The van der Waals surface area contributed by atoms with Crippen molar-refractivity contribution in [2.45, 2.75) is 57.1 Å². The quantitative estimate of drug-likeness (QED) is 0.375. The van der Waals surface area contributed by atoms with Gasteiger partial charge >= 0.3 is 0 Å². The number of carbonyl (C=O) groups excluding carboxylic acids is 2. The van der Waals surface area contributed by atoms with Gasteiger partial charge in [-0.1, -0.05) is 74.0 Å². The van der Waals surface area contributed by atoms with Crippen LogP contribution in [0.1, 0.15) is 39.2 Å². The summed E-state index contributed by atoms with van der Waals surface area (Å²) < 4.78 is 27.7. The summed E-state index contributed by atoms with van der Waals surface area (Å²) in [6.07, 6.45) is 1.10. The smallest absolute Gasteiger partial charge is 0.243 e. The maximum Gasteiger partial charge on any atom is 0.243 e. The number of carbonyl (C=O) groups is 2. The summed E-state index contributed by atoms with van der Waals surface area (Å²) in [6.45, 7) is 5.34. The summed E-state index contributed by atoms with van der Waals surface area (Å²) in [5.41, 5.74) is 0.673. The molecule has 0 aliphatic carbocycles. The summed E-state index contributed by atoms with van der Waals surface area (Å²) in [7, 11) is -2.59. The molecule has 1 N–H and O–H groups in total. The predicted molar refractivity (Wildman–Crippen MR) is 148 cm³/mol. The number of hydrogen-bond acceptors (Lipinski definition) is 4. The van der Waals surface area contributed by atoms with Crippen LogP contribution >= 0.6 is 11.6 Å². The molecule has 2 amide bonds. The molecule has 0 fully saturated rings. The zero-order valence-electron chi connectivity index (χ0n) is 21.6. The number of hydrogen-bond donors (Lipinski definition) is 1. The monoisotopic (exact) mass is 543 g/mol. The van der Waals surface area contributed by atoms with E-state index in [2.05, 4.69) is 5.32 Å². The van der Waals surface area contributed by atoms with Crippen LogP contribution in [0.4, 0.5) is 0 Å². The van der Waals surface area contributed by atoms with Gasteiger partial charge in [0.05, 0.1) is 11.4 Å². The van der Waals surface area contributed by atoms with E-state index in [4.69, 9.17) is 11.6 Å². The molecular formula is C28H34ClN3O4S. The minimum atomic E-state index is -3.96. The van der Waals surface area contributed by atoms with Gasteiger partial charge in [-0.2, -0.15) is 4.31 Å². The van der Waals surface area contributed by atoms with E-state index in [1.165, 1.54) is 18.0 Å². The standard InChI is InChI=1S/C28H34ClN3O4S/c1-5-20(3)30-28(34)26(6-2)32(18-23-13-9-10-14-25(23)29)27(33)19-31(4)37(35,36)24-16-15-21-11-7-8-12-22(21)17-24/h7-17,20,26H,5-6,18-19H2,1-4H3,(H,30,34)/t20-,26-/m0/s1. The zero-order valence-corrected chi connectivity index (χ0v) is 23.2. The molecule has 0 aliphatic rings. The summed E-state index contributed by atoms with van der Waals surface area (Å²) in [4.78, 5) is 28.3. The highest BCUT2D eigenvalue weighted by Gasteiger charge is 2.32. The third kappa shape index (κ3) is 6.89. The Balaban J connectivity index is 1.89. The van der Waals surface area contributed by atoms with Crippen LogP contribution in [0.15, 0.2) is 71.6 Å². The molecule has 7 nitrogen and oxygen atoms in total. The first-order valence-electron chi connectivity index (χ1n) is 12.4. The topological polar surface area (TPSA) is 86.8 Å². The third-order valence-electron chi connectivity index (χ3n) is 6.47. The van der Waals surface area contributed by atoms with Gasteiger partial charge in [-0.15, -0.1) is 0 Å². The minimum Gasteiger partial charge on any atom is -0.352 e. The molecule has 0 saturated heterocycles. The van der Waals surface area contributed by atoms with Crippen molar-refractivity contribution < 1.29 is 18.0 Å². The SMILES string of the molecule is CC[C@H](C)NC(=O)[C@H](CC)N(Cc1ccccc1Cl)C(=O)CN(C)S(=O)(=O)c1ccc2ccccc2c1. The zero-order chi connectivity index (χ0) is 27.2. The van der Waals surface area contributed by atoms with E-state index in [1.807, 2.05) is 45.0 Å². The van der Waals surface area contributed by atoms with E-state index < -0.39 is 28.5 Å². The fourth-order valence-corrected chi connectivity index (χ4v) is 5.40. The van der Waals surface area contributed by atoms with Crippen LogP contribution < -0.4 is 5.32 Å². The maximum absolute atomic E-state index is 13.6. The second-order valence-corrected chi connectivity index (χ2v) is 11.6. The van der Waals surface area contributed by atoms with Gasteiger partial charge in [0.25, 0.3) is 0 Å². The molecule has 3 aromatic rings. The molecule has 0 unspecified atom stereocenters. The Hall–Kier alpha value is -2.94. The molecule has 0 aliphatic heterocycles. The Labute approximate surface area is 224 Å². The largest absolute Gasteiger partial charge is 0.352 e. The second-order valence-electron chi connectivity index (χ2n) is 9.13. The molecule has 0 aromatic heterocycles. The van der Waals surface area contributed by atoms with Crippen LogP contribution in [0.5, 0.6) is 0 Å². The minimum absolute atomic E-state index is 0.0604. The molecule has 0 saturated carbocycles. The van der Waals surface area contributed by atoms with Crippen LogP contribution in [0.25, 0.3) is 10.8 Å². The van der Waals surface area contributed by atoms with Crippen molar-refractivity contribution in [2.75, 3.05) is 13.6 Å². The Kier molecular flexibility index (Phi) is 9.70. The fourth-order valence-electron chi connectivity index (χ4n) is 4.04. The number of nitrogens with one attached hydrogen (secondary N) is 1. The summed E-state index contributed by atoms with van der Waals surface area (Å²) in [6, 6.07) is 18.6. The highest BCUT2D eigenvalue weighted by molar-refractivity contribution is 7.89. The first-order chi connectivity index (χ1) is 17.6. The molecule has 0 spiro atoms. The van der Waals surface area contributed by atoms with E-state index in [0.717, 1.165) is 21.5 Å².